The molecule has 142 valence electrons. The van der Waals surface area contributed by atoms with E-state index in [4.69, 9.17) is 49.4 Å². The minimum Gasteiger partial charge on any atom is -0.478 e. The monoisotopic (exact) mass is 439 g/mol. The van der Waals surface area contributed by atoms with Gasteiger partial charge in [0.15, 0.2) is 5.75 Å². The summed E-state index contributed by atoms with van der Waals surface area (Å²) in [4.78, 5) is 15.0. The van der Waals surface area contributed by atoms with Crippen LogP contribution in [0.15, 0.2) is 29.8 Å². The predicted octanol–water partition coefficient (Wildman–Crippen LogP) is 5.63. The number of halogens is 6. The van der Waals surface area contributed by atoms with Crippen LogP contribution in [0.4, 0.5) is 13.2 Å². The molecular weight excluding hydrogens is 434 g/mol. The number of hydrogen-bond donors (Lipinski definition) is 1. The lowest BCUT2D eigenvalue weighted by Crippen LogP contribution is -2.40. The SMILES string of the molecule is O=C(O)C1=Cc2cc(Cl)c(Oc3nc(Cl)ccc3Cl)cc2OC1C(F)(F)F. The molecule has 0 radical (unpaired) electrons. The molecule has 2 aromatic rings. The highest BCUT2D eigenvalue weighted by Gasteiger charge is 2.48. The summed E-state index contributed by atoms with van der Waals surface area (Å²) in [6.07, 6.45) is -6.72. The summed E-state index contributed by atoms with van der Waals surface area (Å²) in [5, 5.41) is 9.17. The molecule has 27 heavy (non-hydrogen) atoms. The van der Waals surface area contributed by atoms with Crippen molar-refractivity contribution < 1.29 is 32.5 Å². The summed E-state index contributed by atoms with van der Waals surface area (Å²) in [7, 11) is 0. The van der Waals surface area contributed by atoms with Gasteiger partial charge in [-0.25, -0.2) is 4.79 Å². The van der Waals surface area contributed by atoms with E-state index >= 15 is 0 Å². The van der Waals surface area contributed by atoms with Crippen LogP contribution in [0.25, 0.3) is 6.08 Å². The first-order chi connectivity index (χ1) is 12.6. The molecule has 5 nitrogen and oxygen atoms in total. The van der Waals surface area contributed by atoms with Crippen LogP contribution in [0.3, 0.4) is 0 Å². The Morgan fingerprint density at radius 1 is 1.19 bits per heavy atom. The fraction of sp³-hybridized carbons (Fsp3) is 0.125. The van der Waals surface area contributed by atoms with Gasteiger partial charge < -0.3 is 14.6 Å². The predicted molar refractivity (Wildman–Crippen MR) is 91.9 cm³/mol. The van der Waals surface area contributed by atoms with E-state index in [0.717, 1.165) is 12.1 Å². The molecule has 0 aliphatic carbocycles. The third kappa shape index (κ3) is 4.07. The number of rotatable bonds is 3. The Bertz CT molecular complexity index is 963. The summed E-state index contributed by atoms with van der Waals surface area (Å²) in [5.41, 5.74) is -0.908. The molecule has 0 saturated heterocycles. The Kier molecular flexibility index (Phi) is 5.16. The maximum absolute atomic E-state index is 13.1. The highest BCUT2D eigenvalue weighted by Crippen LogP contribution is 2.43. The molecule has 1 aliphatic rings. The zero-order valence-corrected chi connectivity index (χ0v) is 15.1. The number of aliphatic carboxylic acids is 1. The lowest BCUT2D eigenvalue weighted by Gasteiger charge is -2.27. The highest BCUT2D eigenvalue weighted by atomic mass is 35.5. The van der Waals surface area contributed by atoms with Crippen molar-refractivity contribution >= 4 is 46.8 Å². The van der Waals surface area contributed by atoms with E-state index in [0.29, 0.717) is 0 Å². The molecule has 0 bridgehead atoms. The number of benzene rings is 1. The van der Waals surface area contributed by atoms with Gasteiger partial charge in [0.25, 0.3) is 0 Å². The molecule has 11 heteroatoms. The lowest BCUT2D eigenvalue weighted by molar-refractivity contribution is -0.187. The van der Waals surface area contributed by atoms with Crippen molar-refractivity contribution in [3.63, 3.8) is 0 Å². The van der Waals surface area contributed by atoms with Gasteiger partial charge in [0.1, 0.15) is 15.9 Å². The third-order valence-electron chi connectivity index (χ3n) is 3.43. The summed E-state index contributed by atoms with van der Waals surface area (Å²) in [5.74, 6) is -2.23. The summed E-state index contributed by atoms with van der Waals surface area (Å²) in [6.45, 7) is 0. The number of ether oxygens (including phenoxy) is 2. The Labute approximate surface area is 164 Å². The number of alkyl halides is 3. The molecule has 1 aliphatic heterocycles. The molecule has 1 aromatic heterocycles. The van der Waals surface area contributed by atoms with Gasteiger partial charge in [-0.15, -0.1) is 0 Å². The molecule has 0 fully saturated rings. The topological polar surface area (TPSA) is 68.7 Å². The Balaban J connectivity index is 2.04. The van der Waals surface area contributed by atoms with Crippen LogP contribution in [0.2, 0.25) is 15.2 Å². The van der Waals surface area contributed by atoms with Crippen molar-refractivity contribution in [1.82, 2.24) is 4.98 Å². The zero-order chi connectivity index (χ0) is 19.9. The number of aromatic nitrogens is 1. The molecular formula is C16H7Cl3F3NO4. The van der Waals surface area contributed by atoms with Gasteiger partial charge in [-0.3, -0.25) is 0 Å². The normalized spacial score (nSPS) is 16.2. The number of carboxylic acid groups (broad SMARTS) is 1. The van der Waals surface area contributed by atoms with Crippen LogP contribution in [-0.4, -0.2) is 28.3 Å². The van der Waals surface area contributed by atoms with Crippen molar-refractivity contribution in [3.05, 3.63) is 50.6 Å². The first kappa shape index (κ1) is 19.6. The van der Waals surface area contributed by atoms with E-state index in [-0.39, 0.29) is 38.1 Å². The van der Waals surface area contributed by atoms with Gasteiger partial charge >= 0.3 is 12.1 Å². The molecule has 3 rings (SSSR count). The maximum atomic E-state index is 13.1. The Morgan fingerprint density at radius 3 is 2.52 bits per heavy atom. The number of hydrogen-bond acceptors (Lipinski definition) is 4. The second kappa shape index (κ2) is 7.10. The van der Waals surface area contributed by atoms with Crippen LogP contribution in [0.5, 0.6) is 17.4 Å². The molecule has 0 amide bonds. The first-order valence-corrected chi connectivity index (χ1v) is 8.21. The summed E-state index contributed by atoms with van der Waals surface area (Å²) < 4.78 is 49.7. The second-order valence-corrected chi connectivity index (χ2v) is 6.49. The first-order valence-electron chi connectivity index (χ1n) is 7.08. The summed E-state index contributed by atoms with van der Waals surface area (Å²) in [6, 6.07) is 5.13. The number of carbonyl (C=O) groups is 1. The van der Waals surface area contributed by atoms with Gasteiger partial charge in [0.05, 0.1) is 10.6 Å². The number of fused-ring (bicyclic) bond motifs is 1. The van der Waals surface area contributed by atoms with Crippen LogP contribution in [0.1, 0.15) is 5.56 Å². The third-order valence-corrected chi connectivity index (χ3v) is 4.23. The Morgan fingerprint density at radius 2 is 1.89 bits per heavy atom. The molecule has 1 atom stereocenters. The largest absolute Gasteiger partial charge is 0.478 e. The van der Waals surface area contributed by atoms with E-state index in [2.05, 4.69) is 4.98 Å². The quantitative estimate of drug-likeness (QED) is 0.627. The summed E-state index contributed by atoms with van der Waals surface area (Å²) >= 11 is 17.8. The van der Waals surface area contributed by atoms with Gasteiger partial charge in [-0.05, 0) is 24.3 Å². The van der Waals surface area contributed by atoms with Gasteiger partial charge in [-0.1, -0.05) is 34.8 Å². The zero-order valence-electron chi connectivity index (χ0n) is 12.9. The fourth-order valence-corrected chi connectivity index (χ4v) is 2.76. The minimum absolute atomic E-state index is 0.0263. The minimum atomic E-state index is -4.93. The second-order valence-electron chi connectivity index (χ2n) is 5.29. The van der Waals surface area contributed by atoms with Crippen LogP contribution in [-0.2, 0) is 4.79 Å². The van der Waals surface area contributed by atoms with E-state index in [9.17, 15) is 18.0 Å². The van der Waals surface area contributed by atoms with Crippen molar-refractivity contribution in [2.24, 2.45) is 0 Å². The molecule has 1 unspecified atom stereocenters. The standard InChI is InChI=1S/C16H7Cl3F3NO4/c17-8-1-2-12(19)23-14(8)27-11-5-10-6(4-9(11)18)3-7(15(24)25)13(26-10)16(20,21)22/h1-5,13H,(H,24,25). The van der Waals surface area contributed by atoms with E-state index in [1.54, 1.807) is 0 Å². The molecule has 0 saturated carbocycles. The smallest absolute Gasteiger partial charge is 0.430 e. The highest BCUT2D eigenvalue weighted by molar-refractivity contribution is 6.33. The average Bonchev–Trinajstić information content (AvgIpc) is 2.56. The van der Waals surface area contributed by atoms with Crippen molar-refractivity contribution in [2.45, 2.75) is 12.3 Å². The van der Waals surface area contributed by atoms with Crippen molar-refractivity contribution in [2.75, 3.05) is 0 Å². The van der Waals surface area contributed by atoms with Gasteiger partial charge in [-0.2, -0.15) is 18.2 Å². The van der Waals surface area contributed by atoms with Crippen molar-refractivity contribution in [1.29, 1.82) is 0 Å². The fourth-order valence-electron chi connectivity index (χ4n) is 2.27. The number of carboxylic acids is 1. The average molecular weight is 441 g/mol. The molecule has 1 aromatic carbocycles. The van der Waals surface area contributed by atoms with Crippen LogP contribution in [0, 0.1) is 0 Å². The molecule has 0 spiro atoms. The molecule has 1 N–H and O–H groups in total. The van der Waals surface area contributed by atoms with E-state index in [1.165, 1.54) is 18.2 Å². The van der Waals surface area contributed by atoms with Gasteiger partial charge in [0.2, 0.25) is 12.0 Å². The van der Waals surface area contributed by atoms with Crippen LogP contribution < -0.4 is 9.47 Å². The van der Waals surface area contributed by atoms with E-state index in [1.807, 2.05) is 0 Å². The Hall–Kier alpha value is -2.16. The van der Waals surface area contributed by atoms with Crippen molar-refractivity contribution in [3.8, 4) is 17.4 Å². The van der Waals surface area contributed by atoms with Gasteiger partial charge in [0, 0.05) is 11.6 Å². The lowest BCUT2D eigenvalue weighted by atomic mass is 10.0. The van der Waals surface area contributed by atoms with Crippen LogP contribution >= 0.6 is 34.8 Å². The molecule has 2 heterocycles. The maximum Gasteiger partial charge on any atom is 0.430 e. The van der Waals surface area contributed by atoms with E-state index < -0.39 is 23.8 Å². The number of pyridine rings is 1. The number of nitrogens with zero attached hydrogens (tertiary/aromatic N) is 1.